The zero-order chi connectivity index (χ0) is 10.7. The molecule has 2 aromatic rings. The zero-order valence-electron chi connectivity index (χ0n) is 8.17. The molecule has 1 heterocycles. The number of aromatic hydroxyl groups is 1. The Morgan fingerprint density at radius 3 is 3.00 bits per heavy atom. The summed E-state index contributed by atoms with van der Waals surface area (Å²) in [4.78, 5) is 0. The molecule has 0 radical (unpaired) electrons. The van der Waals surface area contributed by atoms with Gasteiger partial charge in [0, 0.05) is 12.5 Å². The van der Waals surface area contributed by atoms with Crippen LogP contribution in [0.5, 0.6) is 5.75 Å². The van der Waals surface area contributed by atoms with E-state index in [0.717, 1.165) is 11.4 Å². The van der Waals surface area contributed by atoms with Crippen LogP contribution in [0, 0.1) is 0 Å². The van der Waals surface area contributed by atoms with Gasteiger partial charge in [-0.2, -0.15) is 0 Å². The largest absolute Gasteiger partial charge is 0.508 e. The Balaban J connectivity index is 2.29. The van der Waals surface area contributed by atoms with E-state index in [4.69, 9.17) is 5.73 Å². The molecule has 5 heteroatoms. The molecule has 0 aliphatic rings. The first-order valence-electron chi connectivity index (χ1n) is 4.70. The summed E-state index contributed by atoms with van der Waals surface area (Å²) in [5.74, 6) is 0.211. The van der Waals surface area contributed by atoms with Crippen LogP contribution in [0.4, 0.5) is 0 Å². The monoisotopic (exact) mass is 204 g/mol. The van der Waals surface area contributed by atoms with Crippen LogP contribution in [0.1, 0.15) is 5.69 Å². The van der Waals surface area contributed by atoms with E-state index in [2.05, 4.69) is 10.3 Å². The number of nitrogens with zero attached hydrogens (tertiary/aromatic N) is 3. The summed E-state index contributed by atoms with van der Waals surface area (Å²) in [6, 6.07) is 6.84. The van der Waals surface area contributed by atoms with Crippen molar-refractivity contribution in [1.29, 1.82) is 0 Å². The predicted octanol–water partition coefficient (Wildman–Crippen LogP) is 0.474. The molecule has 1 aromatic carbocycles. The molecule has 0 unspecified atom stereocenters. The summed E-state index contributed by atoms with van der Waals surface area (Å²) >= 11 is 0. The molecule has 0 spiro atoms. The van der Waals surface area contributed by atoms with Gasteiger partial charge in [-0.15, -0.1) is 5.10 Å². The number of hydrogen-bond donors (Lipinski definition) is 2. The minimum Gasteiger partial charge on any atom is -0.508 e. The lowest BCUT2D eigenvalue weighted by Gasteiger charge is -1.99. The van der Waals surface area contributed by atoms with Gasteiger partial charge < -0.3 is 10.8 Å². The van der Waals surface area contributed by atoms with Crippen molar-refractivity contribution in [2.75, 3.05) is 6.54 Å². The Labute approximate surface area is 87.1 Å². The fourth-order valence-corrected chi connectivity index (χ4v) is 1.32. The SMILES string of the molecule is NCCc1cn(-c2cccc(O)c2)nn1. The van der Waals surface area contributed by atoms with Gasteiger partial charge >= 0.3 is 0 Å². The Bertz CT molecular complexity index is 452. The third-order valence-electron chi connectivity index (χ3n) is 2.04. The number of aromatic nitrogens is 3. The first-order valence-corrected chi connectivity index (χ1v) is 4.70. The molecule has 5 nitrogen and oxygen atoms in total. The number of hydrogen-bond acceptors (Lipinski definition) is 4. The molecule has 0 bridgehead atoms. The molecular formula is C10H12N4O. The van der Waals surface area contributed by atoms with Gasteiger partial charge in [-0.05, 0) is 18.7 Å². The van der Waals surface area contributed by atoms with E-state index in [-0.39, 0.29) is 5.75 Å². The quantitative estimate of drug-likeness (QED) is 0.762. The number of rotatable bonds is 3. The highest BCUT2D eigenvalue weighted by molar-refractivity contribution is 5.37. The maximum Gasteiger partial charge on any atom is 0.117 e. The average Bonchev–Trinajstić information content (AvgIpc) is 2.67. The highest BCUT2D eigenvalue weighted by atomic mass is 16.3. The van der Waals surface area contributed by atoms with Gasteiger partial charge in [0.1, 0.15) is 5.75 Å². The van der Waals surface area contributed by atoms with Crippen LogP contribution >= 0.6 is 0 Å². The molecule has 0 amide bonds. The molecule has 78 valence electrons. The lowest BCUT2D eigenvalue weighted by Crippen LogP contribution is -2.02. The van der Waals surface area contributed by atoms with Crippen LogP contribution in [-0.4, -0.2) is 26.6 Å². The average molecular weight is 204 g/mol. The summed E-state index contributed by atoms with van der Waals surface area (Å²) in [5, 5.41) is 17.2. The van der Waals surface area contributed by atoms with Crippen LogP contribution in [0.15, 0.2) is 30.5 Å². The van der Waals surface area contributed by atoms with Crippen molar-refractivity contribution in [3.8, 4) is 11.4 Å². The Morgan fingerprint density at radius 1 is 1.40 bits per heavy atom. The van der Waals surface area contributed by atoms with Gasteiger partial charge in [-0.3, -0.25) is 0 Å². The Morgan fingerprint density at radius 2 is 2.27 bits per heavy atom. The number of phenolic OH excluding ortho intramolecular Hbond substituents is 1. The van der Waals surface area contributed by atoms with Crippen LogP contribution < -0.4 is 5.73 Å². The van der Waals surface area contributed by atoms with Crippen molar-refractivity contribution in [1.82, 2.24) is 15.0 Å². The fraction of sp³-hybridized carbons (Fsp3) is 0.200. The van der Waals surface area contributed by atoms with E-state index < -0.39 is 0 Å². The van der Waals surface area contributed by atoms with E-state index in [1.807, 2.05) is 12.3 Å². The number of benzene rings is 1. The summed E-state index contributed by atoms with van der Waals surface area (Å²) in [6.45, 7) is 0.554. The second-order valence-corrected chi connectivity index (χ2v) is 3.21. The third-order valence-corrected chi connectivity index (χ3v) is 2.04. The molecule has 0 atom stereocenters. The lowest BCUT2D eigenvalue weighted by molar-refractivity contribution is 0.474. The van der Waals surface area contributed by atoms with Gasteiger partial charge in [0.25, 0.3) is 0 Å². The van der Waals surface area contributed by atoms with Crippen molar-refractivity contribution in [2.45, 2.75) is 6.42 Å². The molecule has 0 aliphatic carbocycles. The number of phenols is 1. The van der Waals surface area contributed by atoms with Gasteiger partial charge in [0.05, 0.1) is 17.6 Å². The van der Waals surface area contributed by atoms with Crippen LogP contribution in [0.2, 0.25) is 0 Å². The lowest BCUT2D eigenvalue weighted by atomic mass is 10.3. The molecule has 0 saturated heterocycles. The topological polar surface area (TPSA) is 77.0 Å². The minimum atomic E-state index is 0.211. The first kappa shape index (κ1) is 9.67. The van der Waals surface area contributed by atoms with Crippen LogP contribution in [0.25, 0.3) is 5.69 Å². The van der Waals surface area contributed by atoms with E-state index in [1.165, 1.54) is 0 Å². The smallest absolute Gasteiger partial charge is 0.117 e. The molecule has 1 aromatic heterocycles. The normalized spacial score (nSPS) is 10.5. The summed E-state index contributed by atoms with van der Waals surface area (Å²) < 4.78 is 1.62. The summed E-state index contributed by atoms with van der Waals surface area (Å²) in [6.07, 6.45) is 2.51. The minimum absolute atomic E-state index is 0.211. The summed E-state index contributed by atoms with van der Waals surface area (Å²) in [5.41, 5.74) is 7.05. The molecule has 3 N–H and O–H groups in total. The van der Waals surface area contributed by atoms with Crippen molar-refractivity contribution < 1.29 is 5.11 Å². The Hall–Kier alpha value is -1.88. The first-order chi connectivity index (χ1) is 7.29. The van der Waals surface area contributed by atoms with Crippen molar-refractivity contribution >= 4 is 0 Å². The van der Waals surface area contributed by atoms with Gasteiger partial charge in [0.2, 0.25) is 0 Å². The Kier molecular flexibility index (Phi) is 2.64. The highest BCUT2D eigenvalue weighted by Crippen LogP contribution is 2.14. The second-order valence-electron chi connectivity index (χ2n) is 3.21. The standard InChI is InChI=1S/C10H12N4O/c11-5-4-8-7-14(13-12-8)9-2-1-3-10(15)6-9/h1-3,6-7,15H,4-5,11H2. The predicted molar refractivity (Wildman–Crippen MR) is 55.8 cm³/mol. The second kappa shape index (κ2) is 4.10. The van der Waals surface area contributed by atoms with Crippen LogP contribution in [-0.2, 0) is 6.42 Å². The van der Waals surface area contributed by atoms with Crippen LogP contribution in [0.3, 0.4) is 0 Å². The molecule has 0 aliphatic heterocycles. The fourth-order valence-electron chi connectivity index (χ4n) is 1.32. The summed E-state index contributed by atoms with van der Waals surface area (Å²) in [7, 11) is 0. The van der Waals surface area contributed by atoms with Gasteiger partial charge in [-0.1, -0.05) is 11.3 Å². The third kappa shape index (κ3) is 2.13. The number of nitrogens with two attached hydrogens (primary N) is 1. The van der Waals surface area contributed by atoms with Crippen molar-refractivity contribution in [3.63, 3.8) is 0 Å². The molecule has 0 saturated carbocycles. The molecule has 15 heavy (non-hydrogen) atoms. The van der Waals surface area contributed by atoms with Crippen molar-refractivity contribution in [2.24, 2.45) is 5.73 Å². The van der Waals surface area contributed by atoms with E-state index >= 15 is 0 Å². The van der Waals surface area contributed by atoms with Crippen molar-refractivity contribution in [3.05, 3.63) is 36.2 Å². The molecule has 2 rings (SSSR count). The van der Waals surface area contributed by atoms with E-state index in [1.54, 1.807) is 22.9 Å². The van der Waals surface area contributed by atoms with E-state index in [0.29, 0.717) is 13.0 Å². The molecule has 0 fully saturated rings. The highest BCUT2D eigenvalue weighted by Gasteiger charge is 2.02. The van der Waals surface area contributed by atoms with Gasteiger partial charge in [-0.25, -0.2) is 4.68 Å². The zero-order valence-corrected chi connectivity index (χ0v) is 8.17. The van der Waals surface area contributed by atoms with Gasteiger partial charge in [0.15, 0.2) is 0 Å². The van der Waals surface area contributed by atoms with E-state index in [9.17, 15) is 5.11 Å². The molecular weight excluding hydrogens is 192 g/mol. The maximum atomic E-state index is 9.30. The maximum absolute atomic E-state index is 9.30.